The van der Waals surface area contributed by atoms with Crippen molar-refractivity contribution in [2.24, 2.45) is 5.92 Å². The molecule has 1 aliphatic rings. The van der Waals surface area contributed by atoms with Gasteiger partial charge in [0.1, 0.15) is 12.1 Å². The number of carbonyl (C=O) groups is 3. The second kappa shape index (κ2) is 6.78. The Morgan fingerprint density at radius 1 is 1.24 bits per heavy atom. The first kappa shape index (κ1) is 18.8. The van der Waals surface area contributed by atoms with E-state index in [1.807, 2.05) is 20.8 Å². The molecule has 1 saturated heterocycles. The molecular formula is C17H21F2N3O3. The number of imide groups is 1. The summed E-state index contributed by atoms with van der Waals surface area (Å²) in [6.45, 7) is 6.62. The highest BCUT2D eigenvalue weighted by Gasteiger charge is 2.49. The van der Waals surface area contributed by atoms with Gasteiger partial charge in [0.15, 0.2) is 11.6 Å². The quantitative estimate of drug-likeness (QED) is 0.794. The largest absolute Gasteiger partial charge is 0.352 e. The zero-order valence-corrected chi connectivity index (χ0v) is 14.5. The minimum Gasteiger partial charge on any atom is -0.352 e. The number of hydrogen-bond acceptors (Lipinski definition) is 3. The molecule has 1 aromatic carbocycles. The van der Waals surface area contributed by atoms with E-state index in [0.717, 1.165) is 17.0 Å². The predicted octanol–water partition coefficient (Wildman–Crippen LogP) is 1.89. The molecule has 136 valence electrons. The number of rotatable bonds is 5. The molecule has 1 fully saturated rings. The monoisotopic (exact) mass is 353 g/mol. The third-order valence-electron chi connectivity index (χ3n) is 4.46. The molecule has 1 aliphatic heterocycles. The molecule has 1 heterocycles. The molecule has 1 aromatic rings. The van der Waals surface area contributed by atoms with Crippen LogP contribution in [0.1, 0.15) is 33.3 Å². The van der Waals surface area contributed by atoms with Gasteiger partial charge in [-0.2, -0.15) is 0 Å². The lowest BCUT2D eigenvalue weighted by molar-refractivity contribution is -0.135. The molecule has 0 spiro atoms. The molecule has 0 aliphatic carbocycles. The molecule has 0 aromatic heterocycles. The van der Waals surface area contributed by atoms with Crippen LogP contribution in [-0.2, 0) is 15.1 Å². The van der Waals surface area contributed by atoms with Crippen molar-refractivity contribution in [1.82, 2.24) is 15.5 Å². The lowest BCUT2D eigenvalue weighted by Gasteiger charge is -2.23. The van der Waals surface area contributed by atoms with E-state index in [1.54, 1.807) is 0 Å². The van der Waals surface area contributed by atoms with Crippen molar-refractivity contribution in [2.45, 2.75) is 39.3 Å². The number of urea groups is 1. The molecule has 6 nitrogen and oxygen atoms in total. The Kier molecular flexibility index (Phi) is 5.10. The predicted molar refractivity (Wildman–Crippen MR) is 86.4 cm³/mol. The average Bonchev–Trinajstić information content (AvgIpc) is 2.74. The van der Waals surface area contributed by atoms with Crippen molar-refractivity contribution < 1.29 is 23.2 Å². The van der Waals surface area contributed by atoms with Gasteiger partial charge in [-0.25, -0.2) is 13.6 Å². The first-order valence-electron chi connectivity index (χ1n) is 7.95. The molecule has 0 radical (unpaired) electrons. The average molecular weight is 353 g/mol. The van der Waals surface area contributed by atoms with E-state index in [9.17, 15) is 23.2 Å². The number of carbonyl (C=O) groups excluding carboxylic acids is 3. The van der Waals surface area contributed by atoms with Crippen LogP contribution in [0, 0.1) is 17.6 Å². The summed E-state index contributed by atoms with van der Waals surface area (Å²) in [5.41, 5.74) is -1.46. The number of nitrogens with zero attached hydrogens (tertiary/aromatic N) is 1. The zero-order valence-electron chi connectivity index (χ0n) is 14.5. The van der Waals surface area contributed by atoms with E-state index in [4.69, 9.17) is 0 Å². The van der Waals surface area contributed by atoms with E-state index in [2.05, 4.69) is 10.6 Å². The van der Waals surface area contributed by atoms with E-state index in [0.29, 0.717) is 0 Å². The first-order valence-corrected chi connectivity index (χ1v) is 7.95. The van der Waals surface area contributed by atoms with Crippen molar-refractivity contribution >= 4 is 17.8 Å². The molecule has 4 amide bonds. The Hall–Kier alpha value is -2.51. The fourth-order valence-corrected chi connectivity index (χ4v) is 2.45. The fraction of sp³-hybridized carbons (Fsp3) is 0.471. The van der Waals surface area contributed by atoms with Crippen LogP contribution in [0.2, 0.25) is 0 Å². The third-order valence-corrected chi connectivity index (χ3v) is 4.46. The van der Waals surface area contributed by atoms with Gasteiger partial charge in [0, 0.05) is 6.04 Å². The van der Waals surface area contributed by atoms with Crippen molar-refractivity contribution in [3.63, 3.8) is 0 Å². The van der Waals surface area contributed by atoms with E-state index >= 15 is 0 Å². The van der Waals surface area contributed by atoms with Crippen LogP contribution in [-0.4, -0.2) is 35.3 Å². The molecule has 2 atom stereocenters. The molecule has 0 bridgehead atoms. The Morgan fingerprint density at radius 3 is 2.44 bits per heavy atom. The van der Waals surface area contributed by atoms with Gasteiger partial charge in [-0.15, -0.1) is 0 Å². The van der Waals surface area contributed by atoms with Gasteiger partial charge < -0.3 is 10.6 Å². The van der Waals surface area contributed by atoms with Crippen molar-refractivity contribution in [3.05, 3.63) is 35.4 Å². The number of amides is 4. The highest BCUT2D eigenvalue weighted by Crippen LogP contribution is 2.29. The highest BCUT2D eigenvalue weighted by atomic mass is 19.2. The summed E-state index contributed by atoms with van der Waals surface area (Å²) in [6.07, 6.45) is 0. The lowest BCUT2D eigenvalue weighted by atomic mass is 9.92. The second-order valence-electron chi connectivity index (χ2n) is 6.68. The van der Waals surface area contributed by atoms with E-state index in [-0.39, 0.29) is 17.5 Å². The number of nitrogens with one attached hydrogen (secondary N) is 2. The van der Waals surface area contributed by atoms with Crippen molar-refractivity contribution in [3.8, 4) is 0 Å². The SMILES string of the molecule is CC(C)C(C)NC(=O)CN1C(=O)NC(C)(c2ccc(F)c(F)c2)C1=O. The summed E-state index contributed by atoms with van der Waals surface area (Å²) in [5, 5.41) is 5.15. The summed E-state index contributed by atoms with van der Waals surface area (Å²) in [5.74, 6) is -3.15. The molecular weight excluding hydrogens is 332 g/mol. The number of halogens is 2. The summed E-state index contributed by atoms with van der Waals surface area (Å²) >= 11 is 0. The standard InChI is InChI=1S/C17H21F2N3O3/c1-9(2)10(3)20-14(23)8-22-15(24)17(4,21-16(22)25)11-5-6-12(18)13(19)7-11/h5-7,9-10H,8H2,1-4H3,(H,20,23)(H,21,25). The van der Waals surface area contributed by atoms with Crippen molar-refractivity contribution in [1.29, 1.82) is 0 Å². The van der Waals surface area contributed by atoms with Crippen LogP contribution in [0.25, 0.3) is 0 Å². The highest BCUT2D eigenvalue weighted by molar-refractivity contribution is 6.09. The summed E-state index contributed by atoms with van der Waals surface area (Å²) in [4.78, 5) is 37.6. The number of benzene rings is 1. The molecule has 8 heteroatoms. The molecule has 0 saturated carbocycles. The van der Waals surface area contributed by atoms with Gasteiger partial charge >= 0.3 is 6.03 Å². The maximum Gasteiger partial charge on any atom is 0.325 e. The molecule has 2 N–H and O–H groups in total. The Balaban J connectivity index is 2.18. The normalized spacial score (nSPS) is 21.5. The molecule has 25 heavy (non-hydrogen) atoms. The Bertz CT molecular complexity index is 723. The summed E-state index contributed by atoms with van der Waals surface area (Å²) < 4.78 is 26.6. The lowest BCUT2D eigenvalue weighted by Crippen LogP contribution is -2.46. The topological polar surface area (TPSA) is 78.5 Å². The smallest absolute Gasteiger partial charge is 0.325 e. The Morgan fingerprint density at radius 2 is 1.88 bits per heavy atom. The maximum atomic E-state index is 13.5. The van der Waals surface area contributed by atoms with Gasteiger partial charge in [0.2, 0.25) is 5.91 Å². The van der Waals surface area contributed by atoms with Crippen molar-refractivity contribution in [2.75, 3.05) is 6.54 Å². The van der Waals surface area contributed by atoms with E-state index < -0.39 is 41.6 Å². The van der Waals surface area contributed by atoms with Crippen LogP contribution in [0.3, 0.4) is 0 Å². The van der Waals surface area contributed by atoms with E-state index in [1.165, 1.54) is 13.0 Å². The molecule has 2 unspecified atom stereocenters. The molecule has 2 rings (SSSR count). The van der Waals surface area contributed by atoms with Gasteiger partial charge in [-0.05, 0) is 37.5 Å². The number of hydrogen-bond donors (Lipinski definition) is 2. The first-order chi connectivity index (χ1) is 11.6. The van der Waals surface area contributed by atoms with Crippen LogP contribution in [0.5, 0.6) is 0 Å². The van der Waals surface area contributed by atoms with Gasteiger partial charge in [-0.3, -0.25) is 14.5 Å². The summed E-state index contributed by atoms with van der Waals surface area (Å²) in [6, 6.07) is 2.09. The van der Waals surface area contributed by atoms with Gasteiger partial charge in [0.05, 0.1) is 0 Å². The maximum absolute atomic E-state index is 13.5. The summed E-state index contributed by atoms with van der Waals surface area (Å²) in [7, 11) is 0. The minimum absolute atomic E-state index is 0.100. The minimum atomic E-state index is -1.56. The second-order valence-corrected chi connectivity index (χ2v) is 6.68. The van der Waals surface area contributed by atoms with Crippen LogP contribution in [0.4, 0.5) is 13.6 Å². The van der Waals surface area contributed by atoms with Gasteiger partial charge in [0.25, 0.3) is 5.91 Å². The third kappa shape index (κ3) is 3.62. The van der Waals surface area contributed by atoms with Crippen LogP contribution < -0.4 is 10.6 Å². The van der Waals surface area contributed by atoms with Crippen LogP contribution >= 0.6 is 0 Å². The zero-order chi connectivity index (χ0) is 18.9. The fourth-order valence-electron chi connectivity index (χ4n) is 2.45. The van der Waals surface area contributed by atoms with Crippen LogP contribution in [0.15, 0.2) is 18.2 Å². The Labute approximate surface area is 144 Å². The van der Waals surface area contributed by atoms with Gasteiger partial charge in [-0.1, -0.05) is 19.9 Å².